The lowest BCUT2D eigenvalue weighted by Crippen LogP contribution is -2.65. The molecule has 0 aliphatic carbocycles. The number of nitrogens with zero attached hydrogens (tertiary/aromatic N) is 2. The maximum Gasteiger partial charge on any atom is 0.249 e. The van der Waals surface area contributed by atoms with Crippen molar-refractivity contribution >= 4 is 11.8 Å². The van der Waals surface area contributed by atoms with Crippen molar-refractivity contribution in [1.29, 1.82) is 0 Å². The highest BCUT2D eigenvalue weighted by Gasteiger charge is 2.43. The zero-order chi connectivity index (χ0) is 14.3. The first-order chi connectivity index (χ1) is 8.76. The number of ether oxygens (including phenoxy) is 1. The fourth-order valence-electron chi connectivity index (χ4n) is 2.54. The van der Waals surface area contributed by atoms with Gasteiger partial charge in [-0.15, -0.1) is 0 Å². The Bertz CT molecular complexity index is 391. The van der Waals surface area contributed by atoms with Crippen LogP contribution in [0.3, 0.4) is 0 Å². The van der Waals surface area contributed by atoms with Crippen LogP contribution in [0.4, 0.5) is 0 Å². The lowest BCUT2D eigenvalue weighted by Gasteiger charge is -2.45. The molecule has 6 heteroatoms. The van der Waals surface area contributed by atoms with Crippen molar-refractivity contribution in [3.8, 4) is 0 Å². The molecule has 2 amide bonds. The standard InChI is InChI=1S/C13H23N3O3/c1-12(2)11(18)15(4)5-6-16(12)10(17)7-19-13(3)8-14-9-13/h14H,5-9H2,1-4H3. The molecule has 0 atom stereocenters. The van der Waals surface area contributed by atoms with Crippen LogP contribution in [0.25, 0.3) is 0 Å². The summed E-state index contributed by atoms with van der Waals surface area (Å²) in [6.07, 6.45) is 0. The topological polar surface area (TPSA) is 61.9 Å². The van der Waals surface area contributed by atoms with Gasteiger partial charge in [0.15, 0.2) is 0 Å². The largest absolute Gasteiger partial charge is 0.363 e. The normalized spacial score (nSPS) is 25.2. The van der Waals surface area contributed by atoms with Gasteiger partial charge >= 0.3 is 0 Å². The Morgan fingerprint density at radius 1 is 1.32 bits per heavy atom. The minimum Gasteiger partial charge on any atom is -0.363 e. The third kappa shape index (κ3) is 2.60. The summed E-state index contributed by atoms with van der Waals surface area (Å²) in [5.74, 6) is -0.136. The Morgan fingerprint density at radius 3 is 2.47 bits per heavy atom. The van der Waals surface area contributed by atoms with Crippen LogP contribution in [0.2, 0.25) is 0 Å². The van der Waals surface area contributed by atoms with Crippen molar-refractivity contribution < 1.29 is 14.3 Å². The molecule has 0 radical (unpaired) electrons. The Labute approximate surface area is 114 Å². The summed E-state index contributed by atoms with van der Waals surface area (Å²) in [5.41, 5.74) is -1.03. The molecule has 0 unspecified atom stereocenters. The zero-order valence-corrected chi connectivity index (χ0v) is 12.2. The molecule has 2 aliphatic heterocycles. The molecule has 0 saturated carbocycles. The van der Waals surface area contributed by atoms with E-state index in [1.165, 1.54) is 0 Å². The van der Waals surface area contributed by atoms with Crippen LogP contribution in [0, 0.1) is 0 Å². The molecule has 0 aromatic carbocycles. The summed E-state index contributed by atoms with van der Waals surface area (Å²) >= 11 is 0. The first-order valence-corrected chi connectivity index (χ1v) is 6.67. The van der Waals surface area contributed by atoms with Crippen LogP contribution in [-0.4, -0.2) is 72.6 Å². The number of nitrogens with one attached hydrogen (secondary N) is 1. The number of piperazine rings is 1. The first kappa shape index (κ1) is 14.3. The predicted octanol–water partition coefficient (Wildman–Crippen LogP) is -0.556. The monoisotopic (exact) mass is 269 g/mol. The molecule has 19 heavy (non-hydrogen) atoms. The van der Waals surface area contributed by atoms with E-state index < -0.39 is 5.54 Å². The first-order valence-electron chi connectivity index (χ1n) is 6.67. The number of carbonyl (C=O) groups excluding carboxylic acids is 2. The van der Waals surface area contributed by atoms with Gasteiger partial charge in [-0.3, -0.25) is 9.59 Å². The Balaban J connectivity index is 1.96. The van der Waals surface area contributed by atoms with Gasteiger partial charge in [-0.1, -0.05) is 0 Å². The number of amides is 2. The van der Waals surface area contributed by atoms with Crippen LogP contribution in [-0.2, 0) is 14.3 Å². The van der Waals surface area contributed by atoms with Crippen LogP contribution >= 0.6 is 0 Å². The molecule has 2 fully saturated rings. The van der Waals surface area contributed by atoms with E-state index in [-0.39, 0.29) is 24.0 Å². The van der Waals surface area contributed by atoms with Crippen LogP contribution in [0.5, 0.6) is 0 Å². The summed E-state index contributed by atoms with van der Waals surface area (Å²) in [7, 11) is 1.77. The maximum atomic E-state index is 12.3. The van der Waals surface area contributed by atoms with E-state index in [9.17, 15) is 9.59 Å². The van der Waals surface area contributed by atoms with E-state index in [0.29, 0.717) is 13.1 Å². The lowest BCUT2D eigenvalue weighted by molar-refractivity contribution is -0.164. The summed E-state index contributed by atoms with van der Waals surface area (Å²) < 4.78 is 5.66. The molecule has 2 saturated heterocycles. The zero-order valence-electron chi connectivity index (χ0n) is 12.2. The van der Waals surface area contributed by atoms with Gasteiger partial charge in [-0.05, 0) is 20.8 Å². The Kier molecular flexibility index (Phi) is 3.57. The molecule has 1 N–H and O–H groups in total. The molecule has 2 aliphatic rings. The average molecular weight is 269 g/mol. The van der Waals surface area contributed by atoms with Gasteiger partial charge in [-0.2, -0.15) is 0 Å². The van der Waals surface area contributed by atoms with Crippen molar-refractivity contribution in [2.75, 3.05) is 39.8 Å². The minimum atomic E-state index is -0.786. The quantitative estimate of drug-likeness (QED) is 0.746. The average Bonchev–Trinajstić information content (AvgIpc) is 2.31. The second kappa shape index (κ2) is 4.76. The van der Waals surface area contributed by atoms with Crippen LogP contribution in [0.1, 0.15) is 20.8 Å². The van der Waals surface area contributed by atoms with E-state index in [1.807, 2.05) is 6.92 Å². The summed E-state index contributed by atoms with van der Waals surface area (Å²) in [6, 6.07) is 0. The Hall–Kier alpha value is -1.14. The van der Waals surface area contributed by atoms with E-state index in [0.717, 1.165) is 13.1 Å². The molecule has 0 spiro atoms. The van der Waals surface area contributed by atoms with Gasteiger partial charge < -0.3 is 19.9 Å². The summed E-state index contributed by atoms with van der Waals surface area (Å²) in [4.78, 5) is 27.7. The van der Waals surface area contributed by atoms with Gasteiger partial charge in [0.1, 0.15) is 12.1 Å². The van der Waals surface area contributed by atoms with Gasteiger partial charge in [0, 0.05) is 33.2 Å². The van der Waals surface area contributed by atoms with Crippen molar-refractivity contribution in [2.45, 2.75) is 31.9 Å². The number of hydrogen-bond acceptors (Lipinski definition) is 4. The van der Waals surface area contributed by atoms with Gasteiger partial charge in [0.25, 0.3) is 0 Å². The third-order valence-corrected chi connectivity index (χ3v) is 4.05. The predicted molar refractivity (Wildman–Crippen MR) is 70.7 cm³/mol. The van der Waals surface area contributed by atoms with E-state index in [1.54, 1.807) is 30.7 Å². The fraction of sp³-hybridized carbons (Fsp3) is 0.846. The van der Waals surface area contributed by atoms with E-state index >= 15 is 0 Å². The lowest BCUT2D eigenvalue weighted by atomic mass is 9.97. The maximum absolute atomic E-state index is 12.3. The molecular formula is C13H23N3O3. The van der Waals surface area contributed by atoms with Gasteiger partial charge in [0.05, 0.1) is 5.60 Å². The number of carbonyl (C=O) groups is 2. The van der Waals surface area contributed by atoms with E-state index in [2.05, 4.69) is 5.32 Å². The third-order valence-electron chi connectivity index (χ3n) is 4.05. The summed E-state index contributed by atoms with van der Waals surface area (Å²) in [6.45, 7) is 8.27. The van der Waals surface area contributed by atoms with Crippen molar-refractivity contribution in [3.05, 3.63) is 0 Å². The highest BCUT2D eigenvalue weighted by atomic mass is 16.5. The van der Waals surface area contributed by atoms with Gasteiger partial charge in [-0.25, -0.2) is 0 Å². The Morgan fingerprint density at radius 2 is 1.95 bits per heavy atom. The van der Waals surface area contributed by atoms with Crippen LogP contribution in [0.15, 0.2) is 0 Å². The molecule has 2 heterocycles. The molecule has 2 rings (SSSR count). The smallest absolute Gasteiger partial charge is 0.249 e. The number of likely N-dealkylation sites (N-methyl/N-ethyl adjacent to an activating group) is 1. The summed E-state index contributed by atoms with van der Waals surface area (Å²) in [5, 5.41) is 3.12. The fourth-order valence-corrected chi connectivity index (χ4v) is 2.54. The SMILES string of the molecule is CN1CCN(C(=O)COC2(C)CNC2)C(C)(C)C1=O. The molecule has 6 nitrogen and oxygen atoms in total. The van der Waals surface area contributed by atoms with Gasteiger partial charge in [0.2, 0.25) is 11.8 Å². The molecule has 0 bridgehead atoms. The van der Waals surface area contributed by atoms with Crippen LogP contribution < -0.4 is 5.32 Å². The molecule has 0 aromatic rings. The molecule has 0 aromatic heterocycles. The van der Waals surface area contributed by atoms with Crippen molar-refractivity contribution in [1.82, 2.24) is 15.1 Å². The highest BCUT2D eigenvalue weighted by Crippen LogP contribution is 2.23. The van der Waals surface area contributed by atoms with Crippen molar-refractivity contribution in [2.24, 2.45) is 0 Å². The van der Waals surface area contributed by atoms with Crippen molar-refractivity contribution in [3.63, 3.8) is 0 Å². The molecular weight excluding hydrogens is 246 g/mol. The number of hydrogen-bond donors (Lipinski definition) is 1. The minimum absolute atomic E-state index is 0.0244. The van der Waals surface area contributed by atoms with E-state index in [4.69, 9.17) is 4.74 Å². The second-order valence-corrected chi connectivity index (χ2v) is 6.17. The second-order valence-electron chi connectivity index (χ2n) is 6.17. The highest BCUT2D eigenvalue weighted by molar-refractivity contribution is 5.92. The number of rotatable bonds is 3. The molecule has 108 valence electrons.